The summed E-state index contributed by atoms with van der Waals surface area (Å²) in [6, 6.07) is -1.06. The number of carbonyl (C=O) groups excluding carboxylic acids is 3. The van der Waals surface area contributed by atoms with Crippen LogP contribution in [0, 0.1) is 0 Å². The van der Waals surface area contributed by atoms with Crippen LogP contribution in [0.25, 0.3) is 0 Å². The summed E-state index contributed by atoms with van der Waals surface area (Å²) in [4.78, 5) is 35.7. The third-order valence-electron chi connectivity index (χ3n) is 4.66. The van der Waals surface area contributed by atoms with Crippen molar-refractivity contribution in [3.63, 3.8) is 0 Å². The third kappa shape index (κ3) is 7.52. The molecule has 1 saturated carbocycles. The second-order valence-corrected chi connectivity index (χ2v) is 6.65. The van der Waals surface area contributed by atoms with Crippen molar-refractivity contribution in [1.82, 2.24) is 10.6 Å². The lowest BCUT2D eigenvalue weighted by atomic mass is 9.98. The summed E-state index contributed by atoms with van der Waals surface area (Å²) in [7, 11) is 3.32. The van der Waals surface area contributed by atoms with E-state index >= 15 is 0 Å². The Morgan fingerprint density at radius 3 is 2.24 bits per heavy atom. The zero-order valence-corrected chi connectivity index (χ0v) is 15.8. The first-order valence-electron chi connectivity index (χ1n) is 9.14. The smallest absolute Gasteiger partial charge is 0.327 e. The van der Waals surface area contributed by atoms with Gasteiger partial charge in [0.15, 0.2) is 0 Å². The van der Waals surface area contributed by atoms with E-state index in [2.05, 4.69) is 10.6 Å². The van der Waals surface area contributed by atoms with Crippen LogP contribution in [-0.4, -0.2) is 56.1 Å². The van der Waals surface area contributed by atoms with Gasteiger partial charge in [-0.2, -0.15) is 0 Å². The molecule has 0 heterocycles. The molecule has 0 aromatic rings. The fourth-order valence-corrected chi connectivity index (χ4v) is 3.11. The molecule has 25 heavy (non-hydrogen) atoms. The highest BCUT2D eigenvalue weighted by Gasteiger charge is 2.30. The minimum Gasteiger partial charge on any atom is -0.461 e. The van der Waals surface area contributed by atoms with E-state index < -0.39 is 18.1 Å². The molecule has 0 aromatic carbocycles. The molecule has 3 atom stereocenters. The summed E-state index contributed by atoms with van der Waals surface area (Å²) in [6.45, 7) is 3.15. The highest BCUT2D eigenvalue weighted by Crippen LogP contribution is 2.21. The number of likely N-dealkylation sites (N-methyl/N-ethyl adjacent to an activating group) is 2. The Labute approximate surface area is 150 Å². The monoisotopic (exact) mass is 356 g/mol. The van der Waals surface area contributed by atoms with Gasteiger partial charge in [0.05, 0.1) is 6.04 Å². The number of esters is 2. The third-order valence-corrected chi connectivity index (χ3v) is 4.66. The van der Waals surface area contributed by atoms with E-state index in [9.17, 15) is 14.4 Å². The molecule has 0 bridgehead atoms. The number of Topliss-reactive ketones (excluding diaryl/α,β-unsaturated/α-hetero) is 1. The van der Waals surface area contributed by atoms with E-state index in [1.54, 1.807) is 21.0 Å². The molecule has 1 rings (SSSR count). The maximum atomic E-state index is 12.3. The van der Waals surface area contributed by atoms with Crippen LogP contribution in [0.1, 0.15) is 58.8 Å². The van der Waals surface area contributed by atoms with Gasteiger partial charge in [0, 0.05) is 6.42 Å². The summed E-state index contributed by atoms with van der Waals surface area (Å²) in [5, 5.41) is 5.74. The molecule has 0 amide bonds. The van der Waals surface area contributed by atoms with Gasteiger partial charge in [0.25, 0.3) is 0 Å². The average Bonchev–Trinajstić information content (AvgIpc) is 2.56. The lowest BCUT2D eigenvalue weighted by molar-refractivity contribution is -0.161. The second kappa shape index (κ2) is 11.2. The number of carbonyl (C=O) groups is 3. The van der Waals surface area contributed by atoms with Crippen LogP contribution < -0.4 is 10.6 Å². The van der Waals surface area contributed by atoms with Gasteiger partial charge in [0.1, 0.15) is 24.0 Å². The molecule has 3 unspecified atom stereocenters. The molecule has 0 aliphatic heterocycles. The first-order valence-corrected chi connectivity index (χ1v) is 9.14. The predicted octanol–water partition coefficient (Wildman–Crippen LogP) is 1.34. The number of rotatable bonds is 10. The Morgan fingerprint density at radius 1 is 1.08 bits per heavy atom. The first-order chi connectivity index (χ1) is 11.9. The van der Waals surface area contributed by atoms with E-state index in [1.807, 2.05) is 0 Å². The minimum absolute atomic E-state index is 0.0208. The van der Waals surface area contributed by atoms with Crippen molar-refractivity contribution in [2.45, 2.75) is 83.1 Å². The van der Waals surface area contributed by atoms with Crippen molar-refractivity contribution < 1.29 is 23.9 Å². The van der Waals surface area contributed by atoms with Crippen LogP contribution in [0.15, 0.2) is 0 Å². The molecule has 0 aromatic heterocycles. The van der Waals surface area contributed by atoms with Crippen LogP contribution in [-0.2, 0) is 23.9 Å². The maximum Gasteiger partial charge on any atom is 0.327 e. The van der Waals surface area contributed by atoms with Crippen molar-refractivity contribution in [3.05, 3.63) is 0 Å². The molecule has 0 radical (unpaired) electrons. The molecule has 144 valence electrons. The number of hydrogen-bond acceptors (Lipinski definition) is 7. The Kier molecular flexibility index (Phi) is 9.67. The second-order valence-electron chi connectivity index (χ2n) is 6.65. The Balaban J connectivity index is 2.45. The quantitative estimate of drug-likeness (QED) is 0.571. The molecule has 1 fully saturated rings. The van der Waals surface area contributed by atoms with Gasteiger partial charge in [-0.25, -0.2) is 0 Å². The molecule has 1 aliphatic carbocycles. The zero-order chi connectivity index (χ0) is 18.8. The lowest BCUT2D eigenvalue weighted by Crippen LogP contribution is -2.47. The molecule has 7 nitrogen and oxygen atoms in total. The molecule has 0 saturated heterocycles. The van der Waals surface area contributed by atoms with Crippen molar-refractivity contribution >= 4 is 17.7 Å². The van der Waals surface area contributed by atoms with Crippen molar-refractivity contribution in [2.75, 3.05) is 14.1 Å². The van der Waals surface area contributed by atoms with E-state index in [-0.39, 0.29) is 30.3 Å². The number of ether oxygens (including phenoxy) is 2. The molecule has 7 heteroatoms. The predicted molar refractivity (Wildman–Crippen MR) is 94.1 cm³/mol. The van der Waals surface area contributed by atoms with Crippen LogP contribution >= 0.6 is 0 Å². The van der Waals surface area contributed by atoms with Gasteiger partial charge in [-0.15, -0.1) is 0 Å². The van der Waals surface area contributed by atoms with Crippen molar-refractivity contribution in [1.29, 1.82) is 0 Å². The molecule has 2 N–H and O–H groups in total. The van der Waals surface area contributed by atoms with Gasteiger partial charge in [-0.3, -0.25) is 14.4 Å². The molecule has 0 spiro atoms. The summed E-state index contributed by atoms with van der Waals surface area (Å²) in [5.74, 6) is -0.834. The normalized spacial score (nSPS) is 18.9. The Hall–Kier alpha value is -1.47. The highest BCUT2D eigenvalue weighted by atomic mass is 16.6. The standard InChI is InChI=1S/C18H32N2O5/c1-12(21)15(19-3)10-11-16(22)24-13(2)17(20-4)18(23)25-14-8-6-5-7-9-14/h13-15,17,19-20H,5-11H2,1-4H3. The minimum atomic E-state index is -0.696. The van der Waals surface area contributed by atoms with Gasteiger partial charge in [0.2, 0.25) is 0 Å². The summed E-state index contributed by atoms with van der Waals surface area (Å²) < 4.78 is 10.9. The van der Waals surface area contributed by atoms with Crippen LogP contribution in [0.5, 0.6) is 0 Å². The molecule has 1 aliphatic rings. The summed E-state index contributed by atoms with van der Waals surface area (Å²) >= 11 is 0. The van der Waals surface area contributed by atoms with Gasteiger partial charge in [-0.1, -0.05) is 6.42 Å². The van der Waals surface area contributed by atoms with Gasteiger partial charge >= 0.3 is 11.9 Å². The number of ketones is 1. The zero-order valence-electron chi connectivity index (χ0n) is 15.8. The fraction of sp³-hybridized carbons (Fsp3) is 0.833. The van der Waals surface area contributed by atoms with E-state index in [1.165, 1.54) is 13.3 Å². The van der Waals surface area contributed by atoms with Crippen LogP contribution in [0.4, 0.5) is 0 Å². The lowest BCUT2D eigenvalue weighted by Gasteiger charge is -2.27. The largest absolute Gasteiger partial charge is 0.461 e. The Bertz CT molecular complexity index is 449. The number of nitrogens with one attached hydrogen (secondary N) is 2. The summed E-state index contributed by atoms with van der Waals surface area (Å²) in [5.41, 5.74) is 0. The molecular weight excluding hydrogens is 324 g/mol. The maximum absolute atomic E-state index is 12.3. The van der Waals surface area contributed by atoms with Crippen LogP contribution in [0.3, 0.4) is 0 Å². The highest BCUT2D eigenvalue weighted by molar-refractivity contribution is 5.82. The SMILES string of the molecule is CNC(CCC(=O)OC(C)C(NC)C(=O)OC1CCCCC1)C(C)=O. The van der Waals surface area contributed by atoms with E-state index in [4.69, 9.17) is 9.47 Å². The Morgan fingerprint density at radius 2 is 1.72 bits per heavy atom. The van der Waals surface area contributed by atoms with Crippen LogP contribution in [0.2, 0.25) is 0 Å². The van der Waals surface area contributed by atoms with E-state index in [0.29, 0.717) is 6.42 Å². The fourth-order valence-electron chi connectivity index (χ4n) is 3.11. The molecular formula is C18H32N2O5. The first kappa shape index (κ1) is 21.6. The van der Waals surface area contributed by atoms with E-state index in [0.717, 1.165) is 25.7 Å². The van der Waals surface area contributed by atoms with Gasteiger partial charge < -0.3 is 20.1 Å². The topological polar surface area (TPSA) is 93.7 Å². The van der Waals surface area contributed by atoms with Crippen molar-refractivity contribution in [3.8, 4) is 0 Å². The van der Waals surface area contributed by atoms with Crippen molar-refractivity contribution in [2.24, 2.45) is 0 Å². The average molecular weight is 356 g/mol. The number of hydrogen-bond donors (Lipinski definition) is 2. The van der Waals surface area contributed by atoms with Gasteiger partial charge in [-0.05, 0) is 60.0 Å². The summed E-state index contributed by atoms with van der Waals surface area (Å²) in [6.07, 6.45) is 4.94.